The Morgan fingerprint density at radius 3 is 2.62 bits per heavy atom. The molecule has 0 unspecified atom stereocenters. The first-order chi connectivity index (χ1) is 12.3. The lowest BCUT2D eigenvalue weighted by molar-refractivity contribution is -0.385. The monoisotopic (exact) mass is 370 g/mol. The Labute approximate surface area is 152 Å². The van der Waals surface area contributed by atoms with Gasteiger partial charge >= 0.3 is 0 Å². The summed E-state index contributed by atoms with van der Waals surface area (Å²) in [6, 6.07) is 9.53. The van der Waals surface area contributed by atoms with Crippen LogP contribution < -0.4 is 10.6 Å². The van der Waals surface area contributed by atoms with Gasteiger partial charge < -0.3 is 5.32 Å². The van der Waals surface area contributed by atoms with E-state index in [0.29, 0.717) is 21.9 Å². The normalized spacial score (nSPS) is 10.5. The van der Waals surface area contributed by atoms with E-state index in [9.17, 15) is 19.7 Å². The van der Waals surface area contributed by atoms with E-state index < -0.39 is 10.8 Å². The zero-order valence-corrected chi connectivity index (χ0v) is 14.7. The molecule has 0 atom stereocenters. The smallest absolute Gasteiger partial charge is 0.273 e. The number of hydrogen-bond acceptors (Lipinski definition) is 6. The van der Waals surface area contributed by atoms with E-state index in [1.54, 1.807) is 25.1 Å². The average Bonchev–Trinajstić information content (AvgIpc) is 2.95. The van der Waals surface area contributed by atoms with Crippen molar-refractivity contribution >= 4 is 49.9 Å². The Morgan fingerprint density at radius 2 is 1.92 bits per heavy atom. The summed E-state index contributed by atoms with van der Waals surface area (Å²) in [5, 5.41) is 16.7. The molecule has 0 aliphatic heterocycles. The molecule has 26 heavy (non-hydrogen) atoms. The summed E-state index contributed by atoms with van der Waals surface area (Å²) >= 11 is 1.25. The molecule has 3 aromatic rings. The van der Waals surface area contributed by atoms with Gasteiger partial charge in [0.15, 0.2) is 5.13 Å². The first-order valence-electron chi connectivity index (χ1n) is 7.58. The second kappa shape index (κ2) is 6.89. The standard InChI is InChI=1S/C17H14N4O4S/c1-9-3-4-11(7-14(9)21(24)25)16(23)20-17-19-13-6-5-12(18-10(2)22)8-15(13)26-17/h3-8H,1-2H3,(H,18,22)(H,19,20,23). The third-order valence-corrected chi connectivity index (χ3v) is 4.53. The molecule has 2 aromatic carbocycles. The van der Waals surface area contributed by atoms with E-state index in [0.717, 1.165) is 4.70 Å². The molecule has 0 radical (unpaired) electrons. The number of carbonyl (C=O) groups excluding carboxylic acids is 2. The second-order valence-corrected chi connectivity index (χ2v) is 6.63. The maximum absolute atomic E-state index is 12.4. The van der Waals surface area contributed by atoms with Gasteiger partial charge in [-0.2, -0.15) is 0 Å². The lowest BCUT2D eigenvalue weighted by Crippen LogP contribution is -2.12. The largest absolute Gasteiger partial charge is 0.326 e. The van der Waals surface area contributed by atoms with Crippen molar-refractivity contribution in [2.75, 3.05) is 10.6 Å². The zero-order valence-electron chi connectivity index (χ0n) is 13.9. The second-order valence-electron chi connectivity index (χ2n) is 5.60. The van der Waals surface area contributed by atoms with Gasteiger partial charge in [-0.3, -0.25) is 25.0 Å². The first-order valence-corrected chi connectivity index (χ1v) is 8.40. The summed E-state index contributed by atoms with van der Waals surface area (Å²) in [7, 11) is 0. The Hall–Kier alpha value is -3.33. The number of nitro groups is 1. The highest BCUT2D eigenvalue weighted by molar-refractivity contribution is 7.22. The van der Waals surface area contributed by atoms with Crippen molar-refractivity contribution in [2.45, 2.75) is 13.8 Å². The number of aryl methyl sites for hydroxylation is 1. The van der Waals surface area contributed by atoms with E-state index in [1.165, 1.54) is 36.5 Å². The van der Waals surface area contributed by atoms with Crippen LogP contribution in [0.4, 0.5) is 16.5 Å². The Balaban J connectivity index is 1.84. The van der Waals surface area contributed by atoms with E-state index in [1.807, 2.05) is 0 Å². The van der Waals surface area contributed by atoms with Gasteiger partial charge in [0.25, 0.3) is 11.6 Å². The minimum atomic E-state index is -0.520. The minimum absolute atomic E-state index is 0.109. The van der Waals surface area contributed by atoms with Gasteiger partial charge in [0, 0.05) is 29.8 Å². The van der Waals surface area contributed by atoms with Crippen LogP contribution in [-0.4, -0.2) is 21.7 Å². The summed E-state index contributed by atoms with van der Waals surface area (Å²) < 4.78 is 0.793. The molecule has 1 heterocycles. The van der Waals surface area contributed by atoms with Crippen molar-refractivity contribution in [3.05, 3.63) is 57.6 Å². The molecule has 0 spiro atoms. The van der Waals surface area contributed by atoms with Crippen molar-refractivity contribution in [3.8, 4) is 0 Å². The molecule has 8 nitrogen and oxygen atoms in total. The van der Waals surface area contributed by atoms with Crippen LogP contribution in [0, 0.1) is 17.0 Å². The first kappa shape index (κ1) is 17.5. The van der Waals surface area contributed by atoms with Crippen LogP contribution in [0.1, 0.15) is 22.8 Å². The Bertz CT molecular complexity index is 1040. The number of hydrogen-bond donors (Lipinski definition) is 2. The minimum Gasteiger partial charge on any atom is -0.326 e. The molecule has 2 amide bonds. The van der Waals surface area contributed by atoms with Gasteiger partial charge in [-0.05, 0) is 31.2 Å². The van der Waals surface area contributed by atoms with E-state index in [4.69, 9.17) is 0 Å². The highest BCUT2D eigenvalue weighted by Gasteiger charge is 2.16. The lowest BCUT2D eigenvalue weighted by atomic mass is 10.1. The summed E-state index contributed by atoms with van der Waals surface area (Å²) in [5.74, 6) is -0.655. The van der Waals surface area contributed by atoms with Crippen molar-refractivity contribution in [3.63, 3.8) is 0 Å². The maximum Gasteiger partial charge on any atom is 0.273 e. The van der Waals surface area contributed by atoms with Crippen molar-refractivity contribution in [1.82, 2.24) is 4.98 Å². The quantitative estimate of drug-likeness (QED) is 0.536. The topological polar surface area (TPSA) is 114 Å². The van der Waals surface area contributed by atoms with Crippen LogP contribution in [0.15, 0.2) is 36.4 Å². The van der Waals surface area contributed by atoms with Crippen molar-refractivity contribution in [2.24, 2.45) is 0 Å². The average molecular weight is 370 g/mol. The summed E-state index contributed by atoms with van der Waals surface area (Å²) in [4.78, 5) is 38.3. The van der Waals surface area contributed by atoms with Crippen molar-refractivity contribution in [1.29, 1.82) is 0 Å². The number of carbonyl (C=O) groups is 2. The summed E-state index contributed by atoms with van der Waals surface area (Å²) in [5.41, 5.74) is 1.87. The molecule has 3 rings (SSSR count). The molecule has 9 heteroatoms. The van der Waals surface area contributed by atoms with Gasteiger partial charge in [-0.1, -0.05) is 17.4 Å². The van der Waals surface area contributed by atoms with Crippen molar-refractivity contribution < 1.29 is 14.5 Å². The number of rotatable bonds is 4. The van der Waals surface area contributed by atoms with Crippen LogP contribution in [0.2, 0.25) is 0 Å². The SMILES string of the molecule is CC(=O)Nc1ccc2nc(NC(=O)c3ccc(C)c([N+](=O)[O-])c3)sc2c1. The van der Waals surface area contributed by atoms with Gasteiger partial charge in [-0.25, -0.2) is 4.98 Å². The molecular weight excluding hydrogens is 356 g/mol. The van der Waals surface area contributed by atoms with E-state index in [-0.39, 0.29) is 17.2 Å². The van der Waals surface area contributed by atoms with Gasteiger partial charge in [-0.15, -0.1) is 0 Å². The van der Waals surface area contributed by atoms with E-state index >= 15 is 0 Å². The maximum atomic E-state index is 12.4. The molecule has 0 saturated carbocycles. The van der Waals surface area contributed by atoms with Crippen LogP contribution in [0.3, 0.4) is 0 Å². The highest BCUT2D eigenvalue weighted by Crippen LogP contribution is 2.29. The van der Waals surface area contributed by atoms with Crippen LogP contribution in [-0.2, 0) is 4.79 Å². The number of aromatic nitrogens is 1. The molecule has 0 bridgehead atoms. The molecular formula is C17H14N4O4S. The molecule has 2 N–H and O–H groups in total. The summed E-state index contributed by atoms with van der Waals surface area (Å²) in [6.45, 7) is 3.03. The number of anilines is 2. The fourth-order valence-corrected chi connectivity index (χ4v) is 3.28. The number of fused-ring (bicyclic) bond motifs is 1. The van der Waals surface area contributed by atoms with Gasteiger partial charge in [0.2, 0.25) is 5.91 Å². The number of amides is 2. The molecule has 0 aliphatic rings. The van der Waals surface area contributed by atoms with Gasteiger partial charge in [0.1, 0.15) is 0 Å². The number of nitrogens with one attached hydrogen (secondary N) is 2. The van der Waals surface area contributed by atoms with Crippen LogP contribution in [0.5, 0.6) is 0 Å². The number of nitro benzene ring substituents is 1. The van der Waals surface area contributed by atoms with Crippen LogP contribution in [0.25, 0.3) is 10.2 Å². The Morgan fingerprint density at radius 1 is 1.15 bits per heavy atom. The number of benzene rings is 2. The molecule has 1 aromatic heterocycles. The zero-order chi connectivity index (χ0) is 18.8. The highest BCUT2D eigenvalue weighted by atomic mass is 32.1. The predicted octanol–water partition coefficient (Wildman–Crippen LogP) is 3.72. The molecule has 0 aliphatic carbocycles. The summed E-state index contributed by atoms with van der Waals surface area (Å²) in [6.07, 6.45) is 0. The van der Waals surface area contributed by atoms with Gasteiger partial charge in [0.05, 0.1) is 15.1 Å². The third kappa shape index (κ3) is 3.67. The van der Waals surface area contributed by atoms with E-state index in [2.05, 4.69) is 15.6 Å². The molecule has 0 saturated heterocycles. The fourth-order valence-electron chi connectivity index (χ4n) is 2.38. The molecule has 132 valence electrons. The van der Waals surface area contributed by atoms with Crippen LogP contribution >= 0.6 is 11.3 Å². The number of nitrogens with zero attached hydrogens (tertiary/aromatic N) is 2. The fraction of sp³-hybridized carbons (Fsp3) is 0.118. The predicted molar refractivity (Wildman–Crippen MR) is 99.7 cm³/mol. The lowest BCUT2D eigenvalue weighted by Gasteiger charge is -2.03. The third-order valence-electron chi connectivity index (χ3n) is 3.60. The molecule has 0 fully saturated rings. The number of thiazole rings is 1. The Kier molecular flexibility index (Phi) is 4.63.